The average molecular weight is 709 g/mol. The van der Waals surface area contributed by atoms with E-state index in [-0.39, 0.29) is 0 Å². The number of nitrogens with zero attached hydrogens (tertiary/aromatic N) is 4. The SMILES string of the molecule is C1=CC(c2cc(-c3ccccc3)c3nc(-c4cc(-c5nc6ccccc6c6ccccc56)c5sc6cc(-c7ccccc7)ccc6c5c4)nn3c2)=CCC1. The molecule has 0 atom stereocenters. The Kier molecular flexibility index (Phi) is 7.13. The molecule has 0 N–H and O–H groups in total. The Labute approximate surface area is 316 Å². The van der Waals surface area contributed by atoms with E-state index in [2.05, 4.69) is 170 Å². The van der Waals surface area contributed by atoms with Gasteiger partial charge < -0.3 is 0 Å². The first kappa shape index (κ1) is 30.9. The maximum Gasteiger partial charge on any atom is 0.182 e. The predicted molar refractivity (Wildman–Crippen MR) is 227 cm³/mol. The van der Waals surface area contributed by atoms with Gasteiger partial charge in [0.2, 0.25) is 0 Å². The van der Waals surface area contributed by atoms with Gasteiger partial charge in [0.15, 0.2) is 11.5 Å². The van der Waals surface area contributed by atoms with Crippen LogP contribution in [-0.2, 0) is 0 Å². The lowest BCUT2D eigenvalue weighted by atomic mass is 9.96. The third kappa shape index (κ3) is 5.08. The highest BCUT2D eigenvalue weighted by molar-refractivity contribution is 7.26. The van der Waals surface area contributed by atoms with E-state index in [0.29, 0.717) is 5.82 Å². The number of benzene rings is 6. The standard InChI is InChI=1S/C49H32N4S/c1-4-14-31(15-5-1)34-24-25-39-42-26-35(48-51-49-41(33-18-8-3-9-19-33)28-36(30-53(49)52-48)32-16-6-2-7-17-32)27-43(47(42)54-45(39)29-34)46-40-22-11-10-20-37(40)38-21-12-13-23-44(38)50-46/h1,3-6,8-30H,2,7H2. The molecule has 1 aliphatic carbocycles. The van der Waals surface area contributed by atoms with Crippen molar-refractivity contribution in [3.63, 3.8) is 0 Å². The predicted octanol–water partition coefficient (Wildman–Crippen LogP) is 13.2. The van der Waals surface area contributed by atoms with E-state index in [9.17, 15) is 0 Å². The molecule has 1 aliphatic rings. The Bertz CT molecular complexity index is 3150. The van der Waals surface area contributed by atoms with Crippen LogP contribution in [0.4, 0.5) is 0 Å². The molecule has 254 valence electrons. The average Bonchev–Trinajstić information content (AvgIpc) is 3.85. The summed E-state index contributed by atoms with van der Waals surface area (Å²) in [5.41, 5.74) is 11.8. The molecule has 11 rings (SSSR count). The lowest BCUT2D eigenvalue weighted by Crippen LogP contribution is -1.96. The molecule has 0 saturated carbocycles. The van der Waals surface area contributed by atoms with Crippen molar-refractivity contribution in [3.8, 4) is 44.9 Å². The molecule has 6 aromatic carbocycles. The fourth-order valence-corrected chi connectivity index (χ4v) is 9.26. The van der Waals surface area contributed by atoms with Gasteiger partial charge in [0, 0.05) is 59.4 Å². The summed E-state index contributed by atoms with van der Waals surface area (Å²) in [7, 11) is 0. The van der Waals surface area contributed by atoms with Gasteiger partial charge in [-0.2, -0.15) is 0 Å². The fraction of sp³-hybridized carbons (Fsp3) is 0.0408. The summed E-state index contributed by atoms with van der Waals surface area (Å²) in [6.07, 6.45) is 11.0. The topological polar surface area (TPSA) is 43.1 Å². The minimum atomic E-state index is 0.686. The van der Waals surface area contributed by atoms with Crippen molar-refractivity contribution in [3.05, 3.63) is 176 Å². The molecule has 0 saturated heterocycles. The normalized spacial score (nSPS) is 13.1. The monoisotopic (exact) mass is 708 g/mol. The van der Waals surface area contributed by atoms with Crippen molar-refractivity contribution in [1.29, 1.82) is 0 Å². The summed E-state index contributed by atoms with van der Waals surface area (Å²) in [4.78, 5) is 10.7. The zero-order valence-electron chi connectivity index (χ0n) is 29.3. The molecule has 0 spiro atoms. The van der Waals surface area contributed by atoms with Crippen LogP contribution in [0.2, 0.25) is 0 Å². The van der Waals surface area contributed by atoms with Gasteiger partial charge in [-0.05, 0) is 70.8 Å². The number of hydrogen-bond donors (Lipinski definition) is 0. The van der Waals surface area contributed by atoms with Crippen LogP contribution < -0.4 is 0 Å². The lowest BCUT2D eigenvalue weighted by molar-refractivity contribution is 0.962. The van der Waals surface area contributed by atoms with Gasteiger partial charge >= 0.3 is 0 Å². The second kappa shape index (κ2) is 12.5. The number of pyridine rings is 2. The first-order chi connectivity index (χ1) is 26.7. The summed E-state index contributed by atoms with van der Waals surface area (Å²) < 4.78 is 4.42. The van der Waals surface area contributed by atoms with Crippen LogP contribution in [0.5, 0.6) is 0 Å². The second-order valence-electron chi connectivity index (χ2n) is 14.0. The van der Waals surface area contributed by atoms with Gasteiger partial charge in [-0.25, -0.2) is 14.5 Å². The van der Waals surface area contributed by atoms with Crippen LogP contribution >= 0.6 is 11.3 Å². The molecule has 10 aromatic rings. The summed E-state index contributed by atoms with van der Waals surface area (Å²) in [5, 5.41) is 11.1. The van der Waals surface area contributed by atoms with Gasteiger partial charge in [-0.1, -0.05) is 133 Å². The minimum Gasteiger partial charge on any atom is -0.247 e. The molecule has 5 heteroatoms. The molecule has 4 heterocycles. The zero-order valence-corrected chi connectivity index (χ0v) is 30.1. The number of rotatable bonds is 5. The maximum absolute atomic E-state index is 5.40. The summed E-state index contributed by atoms with van der Waals surface area (Å²) >= 11 is 1.83. The lowest BCUT2D eigenvalue weighted by Gasteiger charge is -2.12. The van der Waals surface area contributed by atoms with E-state index < -0.39 is 0 Å². The number of hydrogen-bond acceptors (Lipinski definition) is 4. The molecule has 0 bridgehead atoms. The van der Waals surface area contributed by atoms with Gasteiger partial charge in [0.05, 0.1) is 11.2 Å². The summed E-state index contributed by atoms with van der Waals surface area (Å²) in [6, 6.07) is 51.9. The van der Waals surface area contributed by atoms with Crippen LogP contribution in [-0.4, -0.2) is 19.6 Å². The van der Waals surface area contributed by atoms with Gasteiger partial charge in [-0.3, -0.25) is 0 Å². The van der Waals surface area contributed by atoms with Crippen LogP contribution in [0.1, 0.15) is 18.4 Å². The van der Waals surface area contributed by atoms with Crippen molar-refractivity contribution in [2.75, 3.05) is 0 Å². The highest BCUT2D eigenvalue weighted by Crippen LogP contribution is 2.45. The van der Waals surface area contributed by atoms with Crippen molar-refractivity contribution in [2.24, 2.45) is 0 Å². The third-order valence-electron chi connectivity index (χ3n) is 10.6. The van der Waals surface area contributed by atoms with E-state index in [1.54, 1.807) is 0 Å². The highest BCUT2D eigenvalue weighted by atomic mass is 32.1. The van der Waals surface area contributed by atoms with Gasteiger partial charge in [-0.15, -0.1) is 16.4 Å². The Morgan fingerprint density at radius 1 is 0.519 bits per heavy atom. The van der Waals surface area contributed by atoms with Crippen molar-refractivity contribution in [1.82, 2.24) is 19.6 Å². The van der Waals surface area contributed by atoms with E-state index in [4.69, 9.17) is 15.1 Å². The van der Waals surface area contributed by atoms with Gasteiger partial charge in [0.25, 0.3) is 0 Å². The number of thiophene rings is 1. The molecule has 0 amide bonds. The molecule has 0 radical (unpaired) electrons. The zero-order chi connectivity index (χ0) is 35.6. The van der Waals surface area contributed by atoms with E-state index in [1.165, 1.54) is 42.3 Å². The first-order valence-electron chi connectivity index (χ1n) is 18.4. The smallest absolute Gasteiger partial charge is 0.182 e. The molecular weight excluding hydrogens is 677 g/mol. The van der Waals surface area contributed by atoms with E-state index >= 15 is 0 Å². The number of aromatic nitrogens is 4. The Balaban J connectivity index is 1.19. The minimum absolute atomic E-state index is 0.686. The Hall–Kier alpha value is -6.69. The molecule has 54 heavy (non-hydrogen) atoms. The van der Waals surface area contributed by atoms with Crippen molar-refractivity contribution >= 4 is 64.4 Å². The van der Waals surface area contributed by atoms with E-state index in [0.717, 1.165) is 68.3 Å². The Morgan fingerprint density at radius 2 is 1.26 bits per heavy atom. The Morgan fingerprint density at radius 3 is 2.07 bits per heavy atom. The molecule has 0 fully saturated rings. The molecule has 0 aliphatic heterocycles. The maximum atomic E-state index is 5.40. The summed E-state index contributed by atoms with van der Waals surface area (Å²) in [6.45, 7) is 0. The van der Waals surface area contributed by atoms with Crippen LogP contribution in [0, 0.1) is 0 Å². The number of para-hydroxylation sites is 1. The number of fused-ring (bicyclic) bond motifs is 7. The van der Waals surface area contributed by atoms with Crippen LogP contribution in [0.15, 0.2) is 170 Å². The molecule has 4 aromatic heterocycles. The third-order valence-corrected chi connectivity index (χ3v) is 11.8. The molecule has 0 unspecified atom stereocenters. The second-order valence-corrected chi connectivity index (χ2v) is 15.0. The highest BCUT2D eigenvalue weighted by Gasteiger charge is 2.21. The number of allylic oxidation sites excluding steroid dienone is 4. The first-order valence-corrected chi connectivity index (χ1v) is 19.2. The van der Waals surface area contributed by atoms with Crippen LogP contribution in [0.25, 0.3) is 98.0 Å². The quantitative estimate of drug-likeness (QED) is 0.167. The fourth-order valence-electron chi connectivity index (χ4n) is 8.03. The molecular formula is C49H32N4S. The van der Waals surface area contributed by atoms with Crippen molar-refractivity contribution < 1.29 is 0 Å². The van der Waals surface area contributed by atoms with E-state index in [1.807, 2.05) is 15.9 Å². The van der Waals surface area contributed by atoms with Crippen LogP contribution in [0.3, 0.4) is 0 Å². The molecule has 4 nitrogen and oxygen atoms in total. The largest absolute Gasteiger partial charge is 0.247 e. The van der Waals surface area contributed by atoms with Crippen molar-refractivity contribution in [2.45, 2.75) is 12.8 Å². The summed E-state index contributed by atoms with van der Waals surface area (Å²) in [5.74, 6) is 0.686. The van der Waals surface area contributed by atoms with Gasteiger partial charge in [0.1, 0.15) is 0 Å².